The lowest BCUT2D eigenvalue weighted by molar-refractivity contribution is -0.143. The maximum atomic E-state index is 11.6. The molecule has 0 spiro atoms. The lowest BCUT2D eigenvalue weighted by Gasteiger charge is -2.34. The molecule has 0 aromatic heterocycles. The van der Waals surface area contributed by atoms with Gasteiger partial charge in [-0.05, 0) is 30.7 Å². The molecule has 0 unspecified atom stereocenters. The zero-order chi connectivity index (χ0) is 17.5. The molecule has 2 nitrogen and oxygen atoms in total. The van der Waals surface area contributed by atoms with Crippen LogP contribution in [0.2, 0.25) is 18.6 Å². The van der Waals surface area contributed by atoms with E-state index in [9.17, 15) is 4.79 Å². The zero-order valence-electron chi connectivity index (χ0n) is 15.6. The summed E-state index contributed by atoms with van der Waals surface area (Å²) in [5.41, 5.74) is 0.556. The Morgan fingerprint density at radius 1 is 1.26 bits per heavy atom. The van der Waals surface area contributed by atoms with Crippen molar-refractivity contribution in [1.82, 2.24) is 0 Å². The van der Waals surface area contributed by atoms with E-state index in [1.165, 1.54) is 12.3 Å². The third kappa shape index (κ3) is 5.98. The molecule has 0 fully saturated rings. The Hall–Kier alpha value is -1.35. The molecule has 1 aromatic rings. The summed E-state index contributed by atoms with van der Waals surface area (Å²) < 4.78 is 4.83. The number of ether oxygens (including phenoxy) is 1. The summed E-state index contributed by atoms with van der Waals surface area (Å²) in [5.74, 6) is -0.114. The number of carbonyl (C=O) groups is 1. The van der Waals surface area contributed by atoms with Crippen molar-refractivity contribution in [2.24, 2.45) is 5.41 Å². The van der Waals surface area contributed by atoms with Crippen LogP contribution >= 0.6 is 0 Å². The Labute approximate surface area is 143 Å². The molecule has 0 aliphatic carbocycles. The van der Waals surface area contributed by atoms with Crippen LogP contribution in [-0.4, -0.2) is 21.2 Å². The van der Waals surface area contributed by atoms with E-state index in [1.807, 2.05) is 0 Å². The quantitative estimate of drug-likeness (QED) is 0.384. The van der Waals surface area contributed by atoms with E-state index in [0.29, 0.717) is 12.0 Å². The maximum absolute atomic E-state index is 11.6. The summed E-state index contributed by atoms with van der Waals surface area (Å²) in [4.78, 5) is 11.6. The molecule has 0 bridgehead atoms. The molecule has 0 amide bonds. The van der Waals surface area contributed by atoms with Gasteiger partial charge in [0, 0.05) is 0 Å². The molecule has 0 N–H and O–H groups in total. The van der Waals surface area contributed by atoms with E-state index >= 15 is 0 Å². The number of rotatable bonds is 8. The van der Waals surface area contributed by atoms with Crippen LogP contribution in [0.3, 0.4) is 0 Å². The molecular formula is C20H32O2Si. The second-order valence-electron chi connectivity index (χ2n) is 7.68. The van der Waals surface area contributed by atoms with Gasteiger partial charge in [0.05, 0.1) is 21.6 Å². The molecule has 0 saturated heterocycles. The van der Waals surface area contributed by atoms with Crippen LogP contribution in [0.5, 0.6) is 0 Å². The summed E-state index contributed by atoms with van der Waals surface area (Å²) in [6.45, 7) is 11.3. The van der Waals surface area contributed by atoms with E-state index in [1.54, 1.807) is 0 Å². The molecule has 1 aromatic carbocycles. The second kappa shape index (κ2) is 8.49. The topological polar surface area (TPSA) is 26.3 Å². The van der Waals surface area contributed by atoms with E-state index in [2.05, 4.69) is 76.3 Å². The highest BCUT2D eigenvalue weighted by Gasteiger charge is 2.33. The predicted octanol–water partition coefficient (Wildman–Crippen LogP) is 4.92. The first-order valence-corrected chi connectivity index (χ1v) is 11.6. The minimum Gasteiger partial charge on any atom is -0.469 e. The van der Waals surface area contributed by atoms with Crippen LogP contribution in [0.25, 0.3) is 0 Å². The molecule has 0 saturated carbocycles. The highest BCUT2D eigenvalue weighted by Crippen LogP contribution is 2.35. The number of esters is 1. The molecule has 0 aliphatic rings. The summed E-state index contributed by atoms with van der Waals surface area (Å²) in [5, 5.41) is 1.49. The largest absolute Gasteiger partial charge is 0.469 e. The van der Waals surface area contributed by atoms with Gasteiger partial charge in [0.15, 0.2) is 0 Å². The monoisotopic (exact) mass is 332 g/mol. The van der Waals surface area contributed by atoms with E-state index < -0.39 is 8.07 Å². The average Bonchev–Trinajstić information content (AvgIpc) is 2.51. The van der Waals surface area contributed by atoms with Crippen LogP contribution in [-0.2, 0) is 9.53 Å². The molecule has 0 aliphatic heterocycles. The van der Waals surface area contributed by atoms with Crippen molar-refractivity contribution < 1.29 is 9.53 Å². The van der Waals surface area contributed by atoms with Gasteiger partial charge in [0.25, 0.3) is 0 Å². The molecule has 128 valence electrons. The van der Waals surface area contributed by atoms with Gasteiger partial charge in [0.2, 0.25) is 0 Å². The normalized spacial score (nSPS) is 14.0. The first-order chi connectivity index (χ1) is 10.7. The fourth-order valence-corrected chi connectivity index (χ4v) is 6.13. The van der Waals surface area contributed by atoms with Gasteiger partial charge < -0.3 is 4.74 Å². The molecule has 3 heteroatoms. The molecular weight excluding hydrogens is 300 g/mol. The number of methoxy groups -OCH3 is 1. The third-order valence-electron chi connectivity index (χ3n) is 4.85. The summed E-state index contributed by atoms with van der Waals surface area (Å²) in [6.07, 6.45) is 7.17. The lowest BCUT2D eigenvalue weighted by Crippen LogP contribution is -2.45. The van der Waals surface area contributed by atoms with Crippen LogP contribution in [0.1, 0.15) is 40.0 Å². The minimum atomic E-state index is -1.58. The molecule has 1 rings (SSSR count). The number of hydrogen-bond acceptors (Lipinski definition) is 2. The predicted molar refractivity (Wildman–Crippen MR) is 102 cm³/mol. The van der Waals surface area contributed by atoms with Crippen molar-refractivity contribution in [3.8, 4) is 0 Å². The average molecular weight is 333 g/mol. The van der Waals surface area contributed by atoms with Crippen LogP contribution in [0.15, 0.2) is 42.5 Å². The van der Waals surface area contributed by atoms with Crippen LogP contribution in [0, 0.1) is 5.41 Å². The fourth-order valence-electron chi connectivity index (χ4n) is 3.11. The SMILES string of the molecule is C/C=C/[C@H](CCC(C)(C)CC(=O)OC)[Si](C)(C)c1ccccc1. The molecule has 1 atom stereocenters. The summed E-state index contributed by atoms with van der Waals surface area (Å²) in [6, 6.07) is 10.9. The molecule has 0 radical (unpaired) electrons. The lowest BCUT2D eigenvalue weighted by atomic mass is 9.84. The van der Waals surface area contributed by atoms with Crippen LogP contribution in [0.4, 0.5) is 0 Å². The van der Waals surface area contributed by atoms with Gasteiger partial charge in [-0.1, -0.05) is 74.6 Å². The Kier molecular flexibility index (Phi) is 7.27. The van der Waals surface area contributed by atoms with Crippen molar-refractivity contribution in [2.45, 2.75) is 58.7 Å². The van der Waals surface area contributed by atoms with Gasteiger partial charge in [-0.15, -0.1) is 0 Å². The smallest absolute Gasteiger partial charge is 0.306 e. The Balaban J connectivity index is 2.85. The number of hydrogen-bond donors (Lipinski definition) is 0. The van der Waals surface area contributed by atoms with Crippen molar-refractivity contribution in [3.63, 3.8) is 0 Å². The van der Waals surface area contributed by atoms with E-state index in [-0.39, 0.29) is 11.4 Å². The van der Waals surface area contributed by atoms with Gasteiger partial charge in [-0.3, -0.25) is 4.79 Å². The first-order valence-electron chi connectivity index (χ1n) is 8.48. The standard InChI is InChI=1S/C20H32O2Si/c1-7-11-17(14-15-20(2,3)16-19(21)22-4)23(5,6)18-12-9-8-10-13-18/h7-13,17H,14-16H2,1-6H3/b11-7+/t17-/m1/s1. The number of allylic oxidation sites excluding steroid dienone is 2. The fraction of sp³-hybridized carbons (Fsp3) is 0.550. The minimum absolute atomic E-state index is 0.0197. The molecule has 0 heterocycles. The van der Waals surface area contributed by atoms with Crippen molar-refractivity contribution >= 4 is 19.2 Å². The molecule has 23 heavy (non-hydrogen) atoms. The second-order valence-corrected chi connectivity index (χ2v) is 12.4. The van der Waals surface area contributed by atoms with E-state index in [0.717, 1.165) is 12.8 Å². The Morgan fingerprint density at radius 3 is 2.39 bits per heavy atom. The highest BCUT2D eigenvalue weighted by molar-refractivity contribution is 6.91. The van der Waals surface area contributed by atoms with Gasteiger partial charge in [0.1, 0.15) is 0 Å². The Bertz CT molecular complexity index is 518. The van der Waals surface area contributed by atoms with Gasteiger partial charge >= 0.3 is 5.97 Å². The first kappa shape index (κ1) is 19.7. The van der Waals surface area contributed by atoms with E-state index in [4.69, 9.17) is 4.74 Å². The van der Waals surface area contributed by atoms with Gasteiger partial charge in [-0.25, -0.2) is 0 Å². The highest BCUT2D eigenvalue weighted by atomic mass is 28.3. The third-order valence-corrected chi connectivity index (χ3v) is 9.01. The van der Waals surface area contributed by atoms with Crippen molar-refractivity contribution in [1.29, 1.82) is 0 Å². The number of benzene rings is 1. The van der Waals surface area contributed by atoms with Gasteiger partial charge in [-0.2, -0.15) is 0 Å². The van der Waals surface area contributed by atoms with Crippen molar-refractivity contribution in [2.75, 3.05) is 7.11 Å². The summed E-state index contributed by atoms with van der Waals surface area (Å²) in [7, 11) is -0.116. The zero-order valence-corrected chi connectivity index (χ0v) is 16.6. The van der Waals surface area contributed by atoms with Crippen molar-refractivity contribution in [3.05, 3.63) is 42.5 Å². The number of carbonyl (C=O) groups excluding carboxylic acids is 1. The summed E-state index contributed by atoms with van der Waals surface area (Å²) >= 11 is 0. The Morgan fingerprint density at radius 2 is 1.87 bits per heavy atom. The maximum Gasteiger partial charge on any atom is 0.306 e. The van der Waals surface area contributed by atoms with Crippen LogP contribution < -0.4 is 5.19 Å².